The van der Waals surface area contributed by atoms with E-state index in [4.69, 9.17) is 52.1 Å². The lowest BCUT2D eigenvalue weighted by Crippen LogP contribution is -2.15. The molecule has 0 N–H and O–H groups in total. The van der Waals surface area contributed by atoms with E-state index in [0.717, 1.165) is 32.3 Å². The second-order valence-corrected chi connectivity index (χ2v) is 10.2. The number of ether oxygens (including phenoxy) is 11. The molecule has 0 fully saturated rings. The molecule has 45 heavy (non-hydrogen) atoms. The summed E-state index contributed by atoms with van der Waals surface area (Å²) in [6.07, 6.45) is 9.68. The number of hydrogen-bond acceptors (Lipinski definition) is 12. The van der Waals surface area contributed by atoms with E-state index in [1.165, 1.54) is 25.7 Å². The lowest BCUT2D eigenvalue weighted by molar-refractivity contribution is -0.145. The largest absolute Gasteiger partial charge is 0.463 e. The van der Waals surface area contributed by atoms with E-state index in [1.807, 2.05) is 0 Å². The van der Waals surface area contributed by atoms with Crippen LogP contribution in [0.4, 0.5) is 0 Å². The van der Waals surface area contributed by atoms with Crippen LogP contribution in [0.5, 0.6) is 0 Å². The molecule has 270 valence electrons. The molecule has 0 bridgehead atoms. The van der Waals surface area contributed by atoms with E-state index >= 15 is 0 Å². The van der Waals surface area contributed by atoms with Crippen molar-refractivity contribution in [1.29, 1.82) is 0 Å². The van der Waals surface area contributed by atoms with Crippen LogP contribution in [0.15, 0.2) is 0 Å². The van der Waals surface area contributed by atoms with Crippen LogP contribution in [-0.4, -0.2) is 145 Å². The van der Waals surface area contributed by atoms with Gasteiger partial charge in [0.15, 0.2) is 0 Å². The van der Waals surface area contributed by atoms with E-state index in [9.17, 15) is 4.79 Å². The van der Waals surface area contributed by atoms with Crippen molar-refractivity contribution >= 4 is 5.97 Å². The predicted molar refractivity (Wildman–Crippen MR) is 172 cm³/mol. The van der Waals surface area contributed by atoms with Gasteiger partial charge in [-0.25, -0.2) is 0 Å². The molecule has 0 rings (SSSR count). The summed E-state index contributed by atoms with van der Waals surface area (Å²) >= 11 is 0. The smallest absolute Gasteiger partial charge is 0.305 e. The molecule has 12 heteroatoms. The molecule has 0 aliphatic heterocycles. The second-order valence-electron chi connectivity index (χ2n) is 10.2. The molecule has 0 unspecified atom stereocenters. The first-order valence-electron chi connectivity index (χ1n) is 17.2. The Labute approximate surface area is 273 Å². The highest BCUT2D eigenvalue weighted by atomic mass is 16.6. The van der Waals surface area contributed by atoms with Gasteiger partial charge in [0.2, 0.25) is 0 Å². The van der Waals surface area contributed by atoms with Gasteiger partial charge in [0.25, 0.3) is 0 Å². The van der Waals surface area contributed by atoms with E-state index in [1.54, 1.807) is 0 Å². The highest BCUT2D eigenvalue weighted by Crippen LogP contribution is 2.07. The van der Waals surface area contributed by atoms with Crippen molar-refractivity contribution in [3.05, 3.63) is 0 Å². The van der Waals surface area contributed by atoms with Gasteiger partial charge < -0.3 is 52.1 Å². The summed E-state index contributed by atoms with van der Waals surface area (Å²) < 4.78 is 59.7. The average molecular weight is 655 g/mol. The Morgan fingerprint density at radius 3 is 0.911 bits per heavy atom. The Balaban J connectivity index is 3.09. The number of hydrogen-bond donors (Lipinski definition) is 0. The summed E-state index contributed by atoms with van der Waals surface area (Å²) in [4.78, 5) is 11.7. The molecule has 0 saturated heterocycles. The molecule has 0 heterocycles. The maximum atomic E-state index is 11.7. The fourth-order valence-electron chi connectivity index (χ4n) is 3.66. The van der Waals surface area contributed by atoms with Crippen LogP contribution in [0.25, 0.3) is 0 Å². The molecule has 12 nitrogen and oxygen atoms in total. The van der Waals surface area contributed by atoms with Crippen molar-refractivity contribution in [2.24, 2.45) is 0 Å². The van der Waals surface area contributed by atoms with Crippen molar-refractivity contribution in [3.63, 3.8) is 0 Å². The summed E-state index contributed by atoms with van der Waals surface area (Å²) in [6.45, 7) is 15.2. The molecule has 0 aromatic carbocycles. The SMILES string of the molecule is CCCCCCCCC(=O)OCCOCCOCCOCCOCCOCCOCCOCCOCCOCCOCCCC. The first-order valence-corrected chi connectivity index (χ1v) is 17.2. The van der Waals surface area contributed by atoms with Crippen molar-refractivity contribution in [1.82, 2.24) is 0 Å². The van der Waals surface area contributed by atoms with Gasteiger partial charge in [-0.15, -0.1) is 0 Å². The Bertz CT molecular complexity index is 556. The van der Waals surface area contributed by atoms with E-state index in [-0.39, 0.29) is 12.6 Å². The quantitative estimate of drug-likeness (QED) is 0.0695. The molecule has 0 radical (unpaired) electrons. The number of unbranched alkanes of at least 4 members (excludes halogenated alkanes) is 6. The minimum atomic E-state index is -0.141. The minimum Gasteiger partial charge on any atom is -0.463 e. The zero-order valence-electron chi connectivity index (χ0n) is 28.6. The molecule has 0 aliphatic carbocycles. The summed E-state index contributed by atoms with van der Waals surface area (Å²) in [5.74, 6) is -0.141. The Kier molecular flexibility index (Phi) is 40.2. The number of carbonyl (C=O) groups is 1. The monoisotopic (exact) mass is 654 g/mol. The first-order chi connectivity index (χ1) is 22.3. The third-order valence-corrected chi connectivity index (χ3v) is 6.22. The van der Waals surface area contributed by atoms with Crippen LogP contribution in [0.2, 0.25) is 0 Å². The van der Waals surface area contributed by atoms with Gasteiger partial charge in [0.1, 0.15) is 6.61 Å². The maximum absolute atomic E-state index is 11.7. The molecule has 0 atom stereocenters. The fraction of sp³-hybridized carbons (Fsp3) is 0.970. The standard InChI is InChI=1S/C33H66O12/c1-3-5-7-8-9-10-11-33(34)45-32-31-44-30-29-43-28-27-42-26-25-41-24-23-40-22-21-39-20-19-38-18-17-37-16-15-36-14-13-35-12-6-4-2/h3-32H2,1-2H3. The normalized spacial score (nSPS) is 11.4. The molecule has 0 aromatic rings. The molecular weight excluding hydrogens is 588 g/mol. The van der Waals surface area contributed by atoms with Crippen LogP contribution < -0.4 is 0 Å². The Morgan fingerprint density at radius 2 is 0.578 bits per heavy atom. The molecule has 0 aromatic heterocycles. The van der Waals surface area contributed by atoms with Crippen LogP contribution in [0.1, 0.15) is 71.6 Å². The summed E-state index contributed by atoms with van der Waals surface area (Å²) in [5.41, 5.74) is 0. The second kappa shape index (κ2) is 41.1. The Hall–Kier alpha value is -0.930. The van der Waals surface area contributed by atoms with Gasteiger partial charge in [-0.3, -0.25) is 4.79 Å². The van der Waals surface area contributed by atoms with Gasteiger partial charge in [-0.2, -0.15) is 0 Å². The van der Waals surface area contributed by atoms with Crippen LogP contribution in [0, 0.1) is 0 Å². The van der Waals surface area contributed by atoms with Gasteiger partial charge in [-0.05, 0) is 12.8 Å². The topological polar surface area (TPSA) is 119 Å². The van der Waals surface area contributed by atoms with Crippen LogP contribution in [0.3, 0.4) is 0 Å². The zero-order valence-corrected chi connectivity index (χ0v) is 28.6. The lowest BCUT2D eigenvalue weighted by Gasteiger charge is -2.09. The fourth-order valence-corrected chi connectivity index (χ4v) is 3.66. The van der Waals surface area contributed by atoms with E-state index < -0.39 is 0 Å². The number of carbonyl (C=O) groups excluding carboxylic acids is 1. The maximum Gasteiger partial charge on any atom is 0.305 e. The molecule has 0 spiro atoms. The van der Waals surface area contributed by atoms with Gasteiger partial charge in [-0.1, -0.05) is 52.4 Å². The Morgan fingerprint density at radius 1 is 0.311 bits per heavy atom. The summed E-state index contributed by atoms with van der Waals surface area (Å²) in [7, 11) is 0. The van der Waals surface area contributed by atoms with Crippen LogP contribution in [-0.2, 0) is 56.9 Å². The van der Waals surface area contributed by atoms with E-state index in [2.05, 4.69) is 13.8 Å². The summed E-state index contributed by atoms with van der Waals surface area (Å²) in [6, 6.07) is 0. The number of rotatable bonds is 40. The lowest BCUT2D eigenvalue weighted by atomic mass is 10.1. The van der Waals surface area contributed by atoms with Gasteiger partial charge >= 0.3 is 5.97 Å². The van der Waals surface area contributed by atoms with Gasteiger partial charge in [0, 0.05) is 13.0 Å². The molecule has 0 saturated carbocycles. The van der Waals surface area contributed by atoms with E-state index in [0.29, 0.717) is 132 Å². The zero-order chi connectivity index (χ0) is 32.6. The third-order valence-electron chi connectivity index (χ3n) is 6.22. The van der Waals surface area contributed by atoms with Gasteiger partial charge in [0.05, 0.1) is 126 Å². The first kappa shape index (κ1) is 44.1. The van der Waals surface area contributed by atoms with Crippen molar-refractivity contribution < 1.29 is 56.9 Å². The van der Waals surface area contributed by atoms with Crippen molar-refractivity contribution in [2.45, 2.75) is 71.6 Å². The highest BCUT2D eigenvalue weighted by Gasteiger charge is 2.02. The predicted octanol–water partition coefficient (Wildman–Crippen LogP) is 4.25. The summed E-state index contributed by atoms with van der Waals surface area (Å²) in [5, 5.41) is 0. The third kappa shape index (κ3) is 41.0. The average Bonchev–Trinajstić information content (AvgIpc) is 3.05. The van der Waals surface area contributed by atoms with Crippen molar-refractivity contribution in [3.8, 4) is 0 Å². The molecular formula is C33H66O12. The minimum absolute atomic E-state index is 0.141. The highest BCUT2D eigenvalue weighted by molar-refractivity contribution is 5.69. The number of esters is 1. The van der Waals surface area contributed by atoms with Crippen LogP contribution >= 0.6 is 0 Å². The molecule has 0 aliphatic rings. The molecule has 0 amide bonds. The van der Waals surface area contributed by atoms with Crippen molar-refractivity contribution in [2.75, 3.05) is 139 Å².